The van der Waals surface area contributed by atoms with Gasteiger partial charge in [-0.2, -0.15) is 5.10 Å². The molecule has 0 amide bonds. The van der Waals surface area contributed by atoms with Crippen LogP contribution in [0.25, 0.3) is 0 Å². The van der Waals surface area contributed by atoms with Gasteiger partial charge in [-0.25, -0.2) is 4.98 Å². The molecule has 0 atom stereocenters. The molecule has 0 aliphatic carbocycles. The number of nitro groups is 1. The third kappa shape index (κ3) is 5.29. The van der Waals surface area contributed by atoms with E-state index in [0.29, 0.717) is 17.1 Å². The standard InChI is InChI=1S/C20H20N4O4S/c1-13-8-17(5-6-18(13)24(25)26)28-11-16-9-15(4-7-19(16)27-3)10-21-23-20-22-14(2)12-29-20/h4-10,12H,11H2,1-3H3,(H,22,23). The second-order valence-electron chi connectivity index (χ2n) is 6.23. The smallest absolute Gasteiger partial charge is 0.272 e. The van der Waals surface area contributed by atoms with Gasteiger partial charge in [0.2, 0.25) is 5.13 Å². The lowest BCUT2D eigenvalue weighted by molar-refractivity contribution is -0.385. The maximum atomic E-state index is 10.9. The summed E-state index contributed by atoms with van der Waals surface area (Å²) >= 11 is 1.49. The van der Waals surface area contributed by atoms with Gasteiger partial charge in [0.25, 0.3) is 5.69 Å². The first kappa shape index (κ1) is 20.3. The van der Waals surface area contributed by atoms with E-state index in [-0.39, 0.29) is 12.3 Å². The Balaban J connectivity index is 1.70. The number of aromatic nitrogens is 1. The van der Waals surface area contributed by atoms with Gasteiger partial charge in [-0.15, -0.1) is 11.3 Å². The van der Waals surface area contributed by atoms with Crippen LogP contribution in [0.15, 0.2) is 46.9 Å². The van der Waals surface area contributed by atoms with Crippen LogP contribution in [-0.4, -0.2) is 23.2 Å². The van der Waals surface area contributed by atoms with Gasteiger partial charge >= 0.3 is 0 Å². The Morgan fingerprint density at radius 1 is 1.28 bits per heavy atom. The largest absolute Gasteiger partial charge is 0.496 e. The van der Waals surface area contributed by atoms with Crippen molar-refractivity contribution in [3.8, 4) is 11.5 Å². The molecule has 1 N–H and O–H groups in total. The number of anilines is 1. The molecule has 3 rings (SSSR count). The van der Waals surface area contributed by atoms with Crippen molar-refractivity contribution in [3.63, 3.8) is 0 Å². The second-order valence-corrected chi connectivity index (χ2v) is 7.09. The van der Waals surface area contributed by atoms with Crippen molar-refractivity contribution in [1.29, 1.82) is 0 Å². The quantitative estimate of drug-likeness (QED) is 0.327. The zero-order chi connectivity index (χ0) is 20.8. The lowest BCUT2D eigenvalue weighted by Gasteiger charge is -2.11. The van der Waals surface area contributed by atoms with Crippen molar-refractivity contribution < 1.29 is 14.4 Å². The van der Waals surface area contributed by atoms with E-state index in [2.05, 4.69) is 15.5 Å². The fourth-order valence-electron chi connectivity index (χ4n) is 2.64. The molecule has 1 heterocycles. The van der Waals surface area contributed by atoms with Crippen molar-refractivity contribution in [3.05, 3.63) is 74.3 Å². The lowest BCUT2D eigenvalue weighted by atomic mass is 10.1. The van der Waals surface area contributed by atoms with Crippen LogP contribution < -0.4 is 14.9 Å². The van der Waals surface area contributed by atoms with E-state index < -0.39 is 4.92 Å². The maximum absolute atomic E-state index is 10.9. The lowest BCUT2D eigenvalue weighted by Crippen LogP contribution is -2.01. The molecule has 0 bridgehead atoms. The predicted molar refractivity (Wildman–Crippen MR) is 113 cm³/mol. The highest BCUT2D eigenvalue weighted by Crippen LogP contribution is 2.26. The molecule has 0 spiro atoms. The Hall–Kier alpha value is -3.46. The van der Waals surface area contributed by atoms with Gasteiger partial charge in [0, 0.05) is 22.6 Å². The van der Waals surface area contributed by atoms with Crippen molar-refractivity contribution >= 4 is 28.4 Å². The van der Waals surface area contributed by atoms with E-state index in [1.165, 1.54) is 17.4 Å². The normalized spacial score (nSPS) is 10.9. The minimum Gasteiger partial charge on any atom is -0.496 e. The van der Waals surface area contributed by atoms with E-state index in [9.17, 15) is 10.1 Å². The molecular formula is C20H20N4O4S. The van der Waals surface area contributed by atoms with Crippen LogP contribution >= 0.6 is 11.3 Å². The summed E-state index contributed by atoms with van der Waals surface area (Å²) in [4.78, 5) is 14.8. The molecule has 29 heavy (non-hydrogen) atoms. The summed E-state index contributed by atoms with van der Waals surface area (Å²) < 4.78 is 11.2. The number of ether oxygens (including phenoxy) is 2. The molecule has 3 aromatic rings. The van der Waals surface area contributed by atoms with Crippen molar-refractivity contribution in [2.24, 2.45) is 5.10 Å². The van der Waals surface area contributed by atoms with Gasteiger partial charge in [-0.1, -0.05) is 0 Å². The molecule has 0 saturated carbocycles. The molecule has 2 aromatic carbocycles. The third-order valence-corrected chi connectivity index (χ3v) is 4.92. The number of nitro benzene ring substituents is 1. The van der Waals surface area contributed by atoms with E-state index in [4.69, 9.17) is 9.47 Å². The van der Waals surface area contributed by atoms with Gasteiger partial charge in [0.15, 0.2) is 0 Å². The predicted octanol–water partition coefficient (Wildman–Crippen LogP) is 4.70. The Morgan fingerprint density at radius 3 is 2.76 bits per heavy atom. The molecule has 0 aliphatic heterocycles. The second kappa shape index (κ2) is 9.16. The Labute approximate surface area is 172 Å². The van der Waals surface area contributed by atoms with E-state index in [0.717, 1.165) is 22.0 Å². The summed E-state index contributed by atoms with van der Waals surface area (Å²) in [5.41, 5.74) is 6.15. The van der Waals surface area contributed by atoms with Crippen LogP contribution in [-0.2, 0) is 6.61 Å². The molecule has 0 radical (unpaired) electrons. The molecule has 0 aliphatic rings. The third-order valence-electron chi connectivity index (χ3n) is 4.06. The number of hydrogen-bond donors (Lipinski definition) is 1. The van der Waals surface area contributed by atoms with Crippen LogP contribution in [0.4, 0.5) is 10.8 Å². The zero-order valence-electron chi connectivity index (χ0n) is 16.2. The number of methoxy groups -OCH3 is 1. The number of thiazole rings is 1. The van der Waals surface area contributed by atoms with Gasteiger partial charge in [0.1, 0.15) is 18.1 Å². The summed E-state index contributed by atoms with van der Waals surface area (Å²) in [6, 6.07) is 10.3. The molecule has 0 saturated heterocycles. The summed E-state index contributed by atoms with van der Waals surface area (Å²) in [5, 5.41) is 17.8. The highest BCUT2D eigenvalue weighted by molar-refractivity contribution is 7.13. The summed E-state index contributed by atoms with van der Waals surface area (Å²) in [6.45, 7) is 3.86. The number of benzene rings is 2. The number of nitrogens with one attached hydrogen (secondary N) is 1. The van der Waals surface area contributed by atoms with Crippen LogP contribution in [0.1, 0.15) is 22.4 Å². The molecule has 0 unspecified atom stereocenters. The van der Waals surface area contributed by atoms with Crippen molar-refractivity contribution in [2.75, 3.05) is 12.5 Å². The van der Waals surface area contributed by atoms with Crippen LogP contribution in [0, 0.1) is 24.0 Å². The molecule has 1 aromatic heterocycles. The number of nitrogens with zero attached hydrogens (tertiary/aromatic N) is 3. The van der Waals surface area contributed by atoms with Crippen LogP contribution in [0.3, 0.4) is 0 Å². The number of hydrazone groups is 1. The average Bonchev–Trinajstić information content (AvgIpc) is 3.11. The zero-order valence-corrected chi connectivity index (χ0v) is 17.0. The fourth-order valence-corrected chi connectivity index (χ4v) is 3.28. The SMILES string of the molecule is COc1ccc(C=NNc2nc(C)cs2)cc1COc1ccc([N+](=O)[O-])c(C)c1. The maximum Gasteiger partial charge on any atom is 0.272 e. The van der Waals surface area contributed by atoms with Gasteiger partial charge < -0.3 is 9.47 Å². The van der Waals surface area contributed by atoms with Gasteiger partial charge in [-0.3, -0.25) is 15.5 Å². The highest BCUT2D eigenvalue weighted by Gasteiger charge is 2.11. The van der Waals surface area contributed by atoms with E-state index >= 15 is 0 Å². The van der Waals surface area contributed by atoms with Crippen molar-refractivity contribution in [2.45, 2.75) is 20.5 Å². The number of aryl methyl sites for hydroxylation is 2. The average molecular weight is 412 g/mol. The summed E-state index contributed by atoms with van der Waals surface area (Å²) in [5.74, 6) is 1.24. The minimum absolute atomic E-state index is 0.0658. The van der Waals surface area contributed by atoms with Crippen molar-refractivity contribution in [1.82, 2.24) is 4.98 Å². The number of hydrogen-bond acceptors (Lipinski definition) is 8. The molecule has 8 nitrogen and oxygen atoms in total. The highest BCUT2D eigenvalue weighted by atomic mass is 32.1. The monoisotopic (exact) mass is 412 g/mol. The molecule has 0 fully saturated rings. The van der Waals surface area contributed by atoms with Crippen LogP contribution in [0.5, 0.6) is 11.5 Å². The first-order valence-electron chi connectivity index (χ1n) is 8.72. The molecular weight excluding hydrogens is 392 g/mol. The first-order chi connectivity index (χ1) is 14.0. The fraction of sp³-hybridized carbons (Fsp3) is 0.200. The Kier molecular flexibility index (Phi) is 6.40. The van der Waals surface area contributed by atoms with Gasteiger partial charge in [0.05, 0.1) is 23.9 Å². The van der Waals surface area contributed by atoms with E-state index in [1.54, 1.807) is 32.4 Å². The Morgan fingerprint density at radius 2 is 2.10 bits per heavy atom. The summed E-state index contributed by atoms with van der Waals surface area (Å²) in [6.07, 6.45) is 1.69. The first-order valence-corrected chi connectivity index (χ1v) is 9.60. The van der Waals surface area contributed by atoms with Gasteiger partial charge in [-0.05, 0) is 49.7 Å². The van der Waals surface area contributed by atoms with Crippen LogP contribution in [0.2, 0.25) is 0 Å². The topological polar surface area (TPSA) is 98.9 Å². The summed E-state index contributed by atoms with van der Waals surface area (Å²) in [7, 11) is 1.59. The molecule has 9 heteroatoms. The van der Waals surface area contributed by atoms with E-state index in [1.807, 2.05) is 30.5 Å². The Bertz CT molecular complexity index is 1050. The minimum atomic E-state index is -0.411. The number of rotatable bonds is 8. The molecule has 150 valence electrons.